The first kappa shape index (κ1) is 14.3. The molecule has 1 heterocycles. The van der Waals surface area contributed by atoms with Crippen LogP contribution in [0.15, 0.2) is 36.5 Å². The average Bonchev–Trinajstić information content (AvgIpc) is 2.48. The fraction of sp³-hybridized carbons (Fsp3) is 0.200. The lowest BCUT2D eigenvalue weighted by molar-refractivity contribution is -0.119. The van der Waals surface area contributed by atoms with E-state index in [-0.39, 0.29) is 5.91 Å². The Morgan fingerprint density at radius 2 is 2.05 bits per heavy atom. The van der Waals surface area contributed by atoms with Crippen molar-refractivity contribution in [3.63, 3.8) is 0 Å². The van der Waals surface area contributed by atoms with Gasteiger partial charge in [-0.25, -0.2) is 4.98 Å². The number of aromatic nitrogens is 1. The molecule has 0 unspecified atom stereocenters. The third-order valence-corrected chi connectivity index (χ3v) is 3.25. The highest BCUT2D eigenvalue weighted by atomic mass is 35.5. The third kappa shape index (κ3) is 3.27. The van der Waals surface area contributed by atoms with Gasteiger partial charge < -0.3 is 10.1 Å². The molecule has 0 spiro atoms. The summed E-state index contributed by atoms with van der Waals surface area (Å²) in [6.07, 6.45) is 1.93. The summed E-state index contributed by atoms with van der Waals surface area (Å²) in [6, 6.07) is 9.47. The summed E-state index contributed by atoms with van der Waals surface area (Å²) >= 11 is 6.15. The maximum atomic E-state index is 11.3. The first-order valence-electron chi connectivity index (χ1n) is 6.13. The molecular weight excluding hydrogens is 276 g/mol. The summed E-state index contributed by atoms with van der Waals surface area (Å²) in [5.74, 6) is 0.500. The van der Waals surface area contributed by atoms with E-state index in [1.165, 1.54) is 0 Å². The van der Waals surface area contributed by atoms with Crippen molar-refractivity contribution >= 4 is 17.5 Å². The van der Waals surface area contributed by atoms with Crippen LogP contribution in [0.4, 0.5) is 0 Å². The average molecular weight is 291 g/mol. The second-order valence-electron chi connectivity index (χ2n) is 4.25. The quantitative estimate of drug-likeness (QED) is 0.942. The van der Waals surface area contributed by atoms with E-state index >= 15 is 0 Å². The molecule has 104 valence electrons. The summed E-state index contributed by atoms with van der Waals surface area (Å²) in [4.78, 5) is 15.4. The number of pyridine rings is 1. The third-order valence-electron chi connectivity index (χ3n) is 2.95. The van der Waals surface area contributed by atoms with E-state index in [1.807, 2.05) is 24.3 Å². The minimum atomic E-state index is -0.0126. The largest absolute Gasteiger partial charge is 0.481 e. The Morgan fingerprint density at radius 3 is 2.65 bits per heavy atom. The van der Waals surface area contributed by atoms with Crippen LogP contribution in [0.5, 0.6) is 5.88 Å². The number of nitrogens with zero attached hydrogens (tertiary/aromatic N) is 1. The number of halogens is 1. The normalized spacial score (nSPS) is 10.2. The standard InChI is InChI=1S/C15H15ClN2O2/c1-17-14(19)7-10-3-5-11(6-4-10)12-8-15(20-2)18-9-13(12)16/h3-6,8-9H,7H2,1-2H3,(H,17,19). The van der Waals surface area contributed by atoms with Crippen molar-refractivity contribution in [2.45, 2.75) is 6.42 Å². The molecule has 0 aliphatic carbocycles. The Kier molecular flexibility index (Phi) is 4.58. The van der Waals surface area contributed by atoms with Crippen molar-refractivity contribution in [3.8, 4) is 17.0 Å². The first-order chi connectivity index (χ1) is 9.63. The lowest BCUT2D eigenvalue weighted by atomic mass is 10.0. The van der Waals surface area contributed by atoms with Gasteiger partial charge in [0.25, 0.3) is 0 Å². The molecule has 0 saturated carbocycles. The number of hydrogen-bond donors (Lipinski definition) is 1. The van der Waals surface area contributed by atoms with Crippen molar-refractivity contribution in [2.24, 2.45) is 0 Å². The molecule has 20 heavy (non-hydrogen) atoms. The van der Waals surface area contributed by atoms with Gasteiger partial charge in [-0.05, 0) is 11.1 Å². The van der Waals surface area contributed by atoms with Gasteiger partial charge in [0.2, 0.25) is 11.8 Å². The van der Waals surface area contributed by atoms with Crippen LogP contribution in [-0.4, -0.2) is 25.0 Å². The molecule has 1 aromatic carbocycles. The number of benzene rings is 1. The highest BCUT2D eigenvalue weighted by molar-refractivity contribution is 6.33. The van der Waals surface area contributed by atoms with Crippen LogP contribution in [0.1, 0.15) is 5.56 Å². The zero-order valence-electron chi connectivity index (χ0n) is 11.3. The molecule has 5 heteroatoms. The second kappa shape index (κ2) is 6.39. The smallest absolute Gasteiger partial charge is 0.224 e. The maximum Gasteiger partial charge on any atom is 0.224 e. The maximum absolute atomic E-state index is 11.3. The number of amides is 1. The second-order valence-corrected chi connectivity index (χ2v) is 4.66. The highest BCUT2D eigenvalue weighted by Gasteiger charge is 2.07. The summed E-state index contributed by atoms with van der Waals surface area (Å²) in [7, 11) is 3.19. The van der Waals surface area contributed by atoms with Crippen molar-refractivity contribution < 1.29 is 9.53 Å². The van der Waals surface area contributed by atoms with Crippen LogP contribution in [0.3, 0.4) is 0 Å². The van der Waals surface area contributed by atoms with Crippen LogP contribution in [0.25, 0.3) is 11.1 Å². The Balaban J connectivity index is 2.28. The minimum absolute atomic E-state index is 0.0126. The van der Waals surface area contributed by atoms with Crippen molar-refractivity contribution in [2.75, 3.05) is 14.2 Å². The first-order valence-corrected chi connectivity index (χ1v) is 6.51. The number of hydrogen-bond acceptors (Lipinski definition) is 3. The van der Waals surface area contributed by atoms with Crippen LogP contribution >= 0.6 is 11.6 Å². The Labute approximate surface area is 122 Å². The van der Waals surface area contributed by atoms with Crippen molar-refractivity contribution in [1.82, 2.24) is 10.3 Å². The molecule has 2 aromatic rings. The Bertz CT molecular complexity index is 612. The predicted octanol–water partition coefficient (Wildman–Crippen LogP) is 2.70. The Morgan fingerprint density at radius 1 is 1.35 bits per heavy atom. The molecule has 0 atom stereocenters. The summed E-state index contributed by atoms with van der Waals surface area (Å²) in [6.45, 7) is 0. The molecule has 1 aromatic heterocycles. The zero-order valence-corrected chi connectivity index (χ0v) is 12.1. The molecule has 4 nitrogen and oxygen atoms in total. The van der Waals surface area contributed by atoms with Gasteiger partial charge in [0.1, 0.15) is 0 Å². The topological polar surface area (TPSA) is 51.2 Å². The number of nitrogens with one attached hydrogen (secondary N) is 1. The van der Waals surface area contributed by atoms with E-state index in [9.17, 15) is 4.79 Å². The number of carbonyl (C=O) groups is 1. The van der Waals surface area contributed by atoms with Gasteiger partial charge in [0.05, 0.1) is 24.8 Å². The molecular formula is C15H15ClN2O2. The van der Waals surface area contributed by atoms with Crippen LogP contribution in [-0.2, 0) is 11.2 Å². The zero-order chi connectivity index (χ0) is 14.5. The summed E-state index contributed by atoms with van der Waals surface area (Å²) in [5.41, 5.74) is 2.76. The van der Waals surface area contributed by atoms with Gasteiger partial charge in [-0.3, -0.25) is 4.79 Å². The van der Waals surface area contributed by atoms with Crippen LogP contribution in [0.2, 0.25) is 5.02 Å². The molecule has 0 radical (unpaired) electrons. The van der Waals surface area contributed by atoms with E-state index in [2.05, 4.69) is 10.3 Å². The van der Waals surface area contributed by atoms with Gasteiger partial charge >= 0.3 is 0 Å². The summed E-state index contributed by atoms with van der Waals surface area (Å²) in [5, 5.41) is 3.16. The molecule has 0 aliphatic heterocycles. The molecule has 0 aliphatic rings. The van der Waals surface area contributed by atoms with E-state index in [1.54, 1.807) is 26.4 Å². The molecule has 2 rings (SSSR count). The number of methoxy groups -OCH3 is 1. The lowest BCUT2D eigenvalue weighted by Crippen LogP contribution is -2.19. The number of carbonyl (C=O) groups excluding carboxylic acids is 1. The van der Waals surface area contributed by atoms with Gasteiger partial charge in [-0.15, -0.1) is 0 Å². The Hall–Kier alpha value is -2.07. The molecule has 1 amide bonds. The predicted molar refractivity (Wildman–Crippen MR) is 79.0 cm³/mol. The number of likely N-dealkylation sites (N-methyl/N-ethyl adjacent to an activating group) is 1. The van der Waals surface area contributed by atoms with Gasteiger partial charge in [-0.2, -0.15) is 0 Å². The van der Waals surface area contributed by atoms with E-state index < -0.39 is 0 Å². The van der Waals surface area contributed by atoms with E-state index in [0.717, 1.165) is 16.7 Å². The SMILES string of the molecule is CNC(=O)Cc1ccc(-c2cc(OC)ncc2Cl)cc1. The molecule has 0 saturated heterocycles. The van der Waals surface area contributed by atoms with E-state index in [0.29, 0.717) is 17.3 Å². The van der Waals surface area contributed by atoms with Crippen LogP contribution in [0, 0.1) is 0 Å². The van der Waals surface area contributed by atoms with Gasteiger partial charge in [-0.1, -0.05) is 35.9 Å². The molecule has 1 N–H and O–H groups in total. The fourth-order valence-electron chi connectivity index (χ4n) is 1.83. The highest BCUT2D eigenvalue weighted by Crippen LogP contribution is 2.30. The lowest BCUT2D eigenvalue weighted by Gasteiger charge is -2.07. The fourth-order valence-corrected chi connectivity index (χ4v) is 2.04. The monoisotopic (exact) mass is 290 g/mol. The van der Waals surface area contributed by atoms with Gasteiger partial charge in [0, 0.05) is 18.7 Å². The number of rotatable bonds is 4. The number of ether oxygens (including phenoxy) is 1. The van der Waals surface area contributed by atoms with Crippen LogP contribution < -0.4 is 10.1 Å². The van der Waals surface area contributed by atoms with Crippen molar-refractivity contribution in [1.29, 1.82) is 0 Å². The molecule has 0 bridgehead atoms. The molecule has 0 fully saturated rings. The summed E-state index contributed by atoms with van der Waals surface area (Å²) < 4.78 is 5.10. The minimum Gasteiger partial charge on any atom is -0.481 e. The van der Waals surface area contributed by atoms with Gasteiger partial charge in [0.15, 0.2) is 0 Å². The van der Waals surface area contributed by atoms with Crippen molar-refractivity contribution in [3.05, 3.63) is 47.1 Å². The van der Waals surface area contributed by atoms with E-state index in [4.69, 9.17) is 16.3 Å².